The smallest absolute Gasteiger partial charge is 0.276 e. The van der Waals surface area contributed by atoms with Crippen molar-refractivity contribution in [2.75, 3.05) is 18.6 Å². The lowest BCUT2D eigenvalue weighted by Gasteiger charge is -2.50. The molecule has 0 spiro atoms. The van der Waals surface area contributed by atoms with Gasteiger partial charge < -0.3 is 25.8 Å². The molecule has 0 bridgehead atoms. The zero-order valence-corrected chi connectivity index (χ0v) is 21.5. The van der Waals surface area contributed by atoms with Crippen molar-refractivity contribution in [3.05, 3.63) is 51.6 Å². The van der Waals surface area contributed by atoms with E-state index in [1.54, 1.807) is 16.7 Å². The van der Waals surface area contributed by atoms with Crippen molar-refractivity contribution in [1.29, 1.82) is 0 Å². The lowest BCUT2D eigenvalue weighted by molar-refractivity contribution is -0.663. The van der Waals surface area contributed by atoms with Crippen molar-refractivity contribution in [2.45, 2.75) is 24.9 Å². The van der Waals surface area contributed by atoms with Crippen LogP contribution in [0, 0.1) is 6.92 Å². The Hall–Kier alpha value is -3.49. The van der Waals surface area contributed by atoms with Gasteiger partial charge in [0.2, 0.25) is 5.52 Å². The number of fused-ring (bicyclic) bond motifs is 2. The second-order valence-corrected chi connectivity index (χ2v) is 11.0. The fourth-order valence-electron chi connectivity index (χ4n) is 4.22. The Morgan fingerprint density at radius 3 is 2.89 bits per heavy atom. The number of anilines is 1. The summed E-state index contributed by atoms with van der Waals surface area (Å²) in [6.45, 7) is 2.32. The van der Waals surface area contributed by atoms with Gasteiger partial charge in [-0.2, -0.15) is 4.57 Å². The highest BCUT2D eigenvalue weighted by atomic mass is 32.2. The zero-order chi connectivity index (χ0) is 25.6. The predicted octanol–water partition coefficient (Wildman–Crippen LogP) is -0.00948. The molecule has 2 amide bonds. The molecule has 1 fully saturated rings. The van der Waals surface area contributed by atoms with Crippen LogP contribution in [0.25, 0.3) is 10.2 Å². The second kappa shape index (κ2) is 9.52. The van der Waals surface area contributed by atoms with Crippen LogP contribution in [0.3, 0.4) is 0 Å². The minimum atomic E-state index is -1.43. The number of thiophene rings is 1. The molecule has 3 aromatic heterocycles. The number of oxime groups is 1. The molecule has 2 aliphatic rings. The second-order valence-electron chi connectivity index (χ2n) is 8.06. The lowest BCUT2D eigenvalue weighted by Crippen LogP contribution is -2.71. The number of aryl methyl sites for hydroxylation is 1. The maximum absolute atomic E-state index is 13.0. The van der Waals surface area contributed by atoms with Gasteiger partial charge in [-0.15, -0.1) is 34.4 Å². The third-order valence-corrected chi connectivity index (χ3v) is 8.92. The molecule has 0 saturated carbocycles. The number of thiazole rings is 1. The van der Waals surface area contributed by atoms with Gasteiger partial charge in [0, 0.05) is 28.8 Å². The number of hydrogen-bond acceptors (Lipinski definition) is 11. The first-order valence-electron chi connectivity index (χ1n) is 10.7. The molecule has 0 radical (unpaired) electrons. The number of carbonyl (C=O) groups is 3. The Balaban J connectivity index is 1.38. The number of hydrogen-bond donors (Lipinski definition) is 2. The fraction of sp³-hybridized carbons (Fsp3) is 0.273. The van der Waals surface area contributed by atoms with E-state index in [2.05, 4.69) is 15.5 Å². The van der Waals surface area contributed by atoms with Crippen LogP contribution in [0.1, 0.15) is 11.3 Å². The zero-order valence-electron chi connectivity index (χ0n) is 19.1. The number of aliphatic carboxylic acids is 1. The minimum Gasteiger partial charge on any atom is -0.543 e. The summed E-state index contributed by atoms with van der Waals surface area (Å²) < 4.78 is 3.09. The topological polar surface area (TPSA) is 154 Å². The summed E-state index contributed by atoms with van der Waals surface area (Å²) in [5, 5.41) is 21.7. The third-order valence-electron chi connectivity index (χ3n) is 5.87. The standard InChI is InChI=1S/C22H20N6O5S3/c1-10-3-5-27(13-4-6-34-17(10)13)7-11-8-35-20-15(19(30)28(20)16(11)21(31)32)25-18(29)14(26-33-2)12-9-36-22(23)24-12/h3-6,9,15,20H,7-8H2,1-2H3,(H3-,23,24,25,29,31,32)/t15?,20-/m0/s1. The van der Waals surface area contributed by atoms with E-state index in [0.717, 1.165) is 27.1 Å². The van der Waals surface area contributed by atoms with Crippen LogP contribution in [0.5, 0.6) is 0 Å². The Labute approximate surface area is 217 Å². The van der Waals surface area contributed by atoms with Gasteiger partial charge in [0.05, 0.1) is 11.7 Å². The van der Waals surface area contributed by atoms with Crippen molar-refractivity contribution in [1.82, 2.24) is 15.2 Å². The molecule has 3 N–H and O–H groups in total. The SMILES string of the molecule is CON=C(C(=O)NC1C(=O)N2C(C(=O)[O-])=C(C[n+]3ccc(C)c4sccc43)CS[C@@H]12)c1csc(N)n1. The monoisotopic (exact) mass is 544 g/mol. The molecule has 5 heterocycles. The van der Waals surface area contributed by atoms with E-state index in [0.29, 0.717) is 17.9 Å². The largest absolute Gasteiger partial charge is 0.543 e. The summed E-state index contributed by atoms with van der Waals surface area (Å²) in [5.74, 6) is -2.29. The number of nitrogens with two attached hydrogens (primary N) is 1. The molecular formula is C22H20N6O5S3. The van der Waals surface area contributed by atoms with E-state index >= 15 is 0 Å². The number of rotatable bonds is 7. The van der Waals surface area contributed by atoms with E-state index in [1.807, 2.05) is 35.2 Å². The summed E-state index contributed by atoms with van der Waals surface area (Å²) in [6.07, 6.45) is 1.91. The van der Waals surface area contributed by atoms with Gasteiger partial charge in [-0.1, -0.05) is 5.16 Å². The van der Waals surface area contributed by atoms with Gasteiger partial charge in [0.15, 0.2) is 23.6 Å². The van der Waals surface area contributed by atoms with Crippen LogP contribution >= 0.6 is 34.4 Å². The molecule has 1 saturated heterocycles. The van der Waals surface area contributed by atoms with Crippen molar-refractivity contribution >= 4 is 73.3 Å². The number of nitrogen functional groups attached to an aromatic ring is 1. The Morgan fingerprint density at radius 1 is 1.39 bits per heavy atom. The molecule has 0 aliphatic carbocycles. The number of carboxylic acid groups (broad SMARTS) is 1. The third kappa shape index (κ3) is 4.10. The quantitative estimate of drug-likeness (QED) is 0.182. The van der Waals surface area contributed by atoms with Crippen molar-refractivity contribution in [3.63, 3.8) is 0 Å². The van der Waals surface area contributed by atoms with E-state index in [-0.39, 0.29) is 22.2 Å². The van der Waals surface area contributed by atoms with Crippen LogP contribution < -0.4 is 20.7 Å². The number of aromatic nitrogens is 2. The normalized spacial score (nSPS) is 19.8. The van der Waals surface area contributed by atoms with Gasteiger partial charge in [0.1, 0.15) is 28.9 Å². The van der Waals surface area contributed by atoms with Gasteiger partial charge in [0.25, 0.3) is 11.8 Å². The Bertz CT molecular complexity index is 1460. The highest BCUT2D eigenvalue weighted by Gasteiger charge is 2.53. The van der Waals surface area contributed by atoms with Gasteiger partial charge in [-0.05, 0) is 17.9 Å². The lowest BCUT2D eigenvalue weighted by atomic mass is 10.0. The first kappa shape index (κ1) is 24.2. The van der Waals surface area contributed by atoms with Crippen molar-refractivity contribution in [2.24, 2.45) is 5.16 Å². The van der Waals surface area contributed by atoms with Gasteiger partial charge in [-0.25, -0.2) is 4.98 Å². The summed E-state index contributed by atoms with van der Waals surface area (Å²) >= 11 is 4.12. The highest BCUT2D eigenvalue weighted by molar-refractivity contribution is 8.00. The summed E-state index contributed by atoms with van der Waals surface area (Å²) in [7, 11) is 1.28. The molecule has 11 nitrogen and oxygen atoms in total. The molecule has 36 heavy (non-hydrogen) atoms. The molecular weight excluding hydrogens is 524 g/mol. The number of pyridine rings is 1. The predicted molar refractivity (Wildman–Crippen MR) is 134 cm³/mol. The summed E-state index contributed by atoms with van der Waals surface area (Å²) in [6, 6.07) is 3.03. The van der Waals surface area contributed by atoms with Gasteiger partial charge in [-0.3, -0.25) is 14.5 Å². The molecule has 5 rings (SSSR count). The van der Waals surface area contributed by atoms with Crippen LogP contribution in [0.2, 0.25) is 0 Å². The number of carbonyl (C=O) groups excluding carboxylic acids is 3. The van der Waals surface area contributed by atoms with Crippen LogP contribution in [-0.2, 0) is 25.8 Å². The number of β-lactam (4-membered cyclic amide) rings is 1. The van der Waals surface area contributed by atoms with E-state index in [9.17, 15) is 19.5 Å². The molecule has 1 unspecified atom stereocenters. The van der Waals surface area contributed by atoms with Gasteiger partial charge >= 0.3 is 0 Å². The number of nitrogens with one attached hydrogen (secondary N) is 1. The first-order chi connectivity index (χ1) is 17.3. The summed E-state index contributed by atoms with van der Waals surface area (Å²) in [5.41, 5.74) is 8.27. The first-order valence-corrected chi connectivity index (χ1v) is 13.5. The number of carboxylic acids is 1. The molecule has 2 aliphatic heterocycles. The Morgan fingerprint density at radius 2 is 2.19 bits per heavy atom. The maximum atomic E-state index is 13.0. The minimum absolute atomic E-state index is 0.135. The average Bonchev–Trinajstić information content (AvgIpc) is 3.52. The van der Waals surface area contributed by atoms with Crippen LogP contribution in [-0.4, -0.2) is 57.7 Å². The maximum Gasteiger partial charge on any atom is 0.276 e. The van der Waals surface area contributed by atoms with E-state index < -0.39 is 29.2 Å². The Kier molecular flexibility index (Phi) is 6.40. The fourth-order valence-corrected chi connectivity index (χ4v) is 7.00. The summed E-state index contributed by atoms with van der Waals surface area (Å²) in [4.78, 5) is 48.1. The van der Waals surface area contributed by atoms with Crippen molar-refractivity contribution in [3.8, 4) is 0 Å². The van der Waals surface area contributed by atoms with Crippen LogP contribution in [0.15, 0.2) is 45.5 Å². The molecule has 14 heteroatoms. The van der Waals surface area contributed by atoms with E-state index in [1.165, 1.54) is 23.8 Å². The molecule has 2 atom stereocenters. The molecule has 186 valence electrons. The highest BCUT2D eigenvalue weighted by Crippen LogP contribution is 2.40. The number of nitrogens with zero attached hydrogens (tertiary/aromatic N) is 4. The molecule has 3 aromatic rings. The number of thioether (sulfide) groups is 1. The number of amides is 2. The van der Waals surface area contributed by atoms with Crippen molar-refractivity contribution < 1.29 is 28.9 Å². The van der Waals surface area contributed by atoms with Crippen LogP contribution in [0.4, 0.5) is 5.13 Å². The van der Waals surface area contributed by atoms with E-state index in [4.69, 9.17) is 10.6 Å². The average molecular weight is 545 g/mol. The molecule has 0 aromatic carbocycles.